The Morgan fingerprint density at radius 2 is 1.66 bits per heavy atom. The van der Waals surface area contributed by atoms with Gasteiger partial charge in [0.25, 0.3) is 11.8 Å². The number of anilines is 1. The van der Waals surface area contributed by atoms with Gasteiger partial charge in [0, 0.05) is 18.3 Å². The molecule has 8 heteroatoms. The predicted molar refractivity (Wildman–Crippen MR) is 120 cm³/mol. The molecule has 162 valence electrons. The van der Waals surface area contributed by atoms with Crippen molar-refractivity contribution in [3.63, 3.8) is 0 Å². The van der Waals surface area contributed by atoms with Crippen LogP contribution >= 0.6 is 0 Å². The molecule has 1 heterocycles. The third-order valence-corrected chi connectivity index (χ3v) is 5.56. The third-order valence-electron chi connectivity index (χ3n) is 5.56. The number of nitrogens with one attached hydrogen (secondary N) is 3. The normalized spacial score (nSPS) is 17.9. The quantitative estimate of drug-likeness (QED) is 0.541. The molecule has 32 heavy (non-hydrogen) atoms. The summed E-state index contributed by atoms with van der Waals surface area (Å²) < 4.78 is 0. The lowest BCUT2D eigenvalue weighted by Gasteiger charge is -2.22. The van der Waals surface area contributed by atoms with Crippen molar-refractivity contribution >= 4 is 40.2 Å². The maximum absolute atomic E-state index is 13.1. The molecular formula is C24H22N4O4. The third kappa shape index (κ3) is 3.78. The van der Waals surface area contributed by atoms with E-state index in [0.717, 1.165) is 15.7 Å². The van der Waals surface area contributed by atoms with E-state index in [2.05, 4.69) is 16.0 Å². The summed E-state index contributed by atoms with van der Waals surface area (Å²) in [6.45, 7) is 1.21. The van der Waals surface area contributed by atoms with Crippen LogP contribution in [-0.4, -0.2) is 42.2 Å². The highest BCUT2D eigenvalue weighted by molar-refractivity contribution is 6.10. The van der Waals surface area contributed by atoms with E-state index in [1.807, 2.05) is 36.4 Å². The zero-order valence-corrected chi connectivity index (χ0v) is 17.6. The van der Waals surface area contributed by atoms with Crippen LogP contribution in [0.2, 0.25) is 0 Å². The molecule has 0 saturated carbocycles. The first-order valence-electron chi connectivity index (χ1n) is 10.1. The van der Waals surface area contributed by atoms with Gasteiger partial charge < -0.3 is 16.0 Å². The molecule has 0 radical (unpaired) electrons. The van der Waals surface area contributed by atoms with Gasteiger partial charge in [0.2, 0.25) is 5.91 Å². The number of imide groups is 1. The summed E-state index contributed by atoms with van der Waals surface area (Å²) in [4.78, 5) is 50.7. The van der Waals surface area contributed by atoms with Gasteiger partial charge in [-0.1, -0.05) is 36.4 Å². The smallest absolute Gasteiger partial charge is 0.325 e. The summed E-state index contributed by atoms with van der Waals surface area (Å²) in [5, 5.41) is 9.85. The lowest BCUT2D eigenvalue weighted by Crippen LogP contribution is -2.42. The molecule has 5 amide bonds. The topological polar surface area (TPSA) is 108 Å². The molecule has 1 unspecified atom stereocenters. The van der Waals surface area contributed by atoms with E-state index in [-0.39, 0.29) is 5.91 Å². The first kappa shape index (κ1) is 21.0. The number of hydrogen-bond donors (Lipinski definition) is 3. The summed E-state index contributed by atoms with van der Waals surface area (Å²) in [6.07, 6.45) is 0. The second kappa shape index (κ2) is 8.14. The van der Waals surface area contributed by atoms with Crippen LogP contribution < -0.4 is 16.0 Å². The molecule has 3 aromatic rings. The molecule has 3 N–H and O–H groups in total. The minimum atomic E-state index is -1.27. The molecule has 1 aliphatic rings. The average molecular weight is 430 g/mol. The van der Waals surface area contributed by atoms with Crippen molar-refractivity contribution in [1.29, 1.82) is 0 Å². The Morgan fingerprint density at radius 3 is 2.34 bits per heavy atom. The fraction of sp³-hybridized carbons (Fsp3) is 0.167. The molecule has 1 atom stereocenters. The second-order valence-electron chi connectivity index (χ2n) is 7.71. The number of rotatable bonds is 5. The summed E-state index contributed by atoms with van der Waals surface area (Å²) in [7, 11) is 1.53. The van der Waals surface area contributed by atoms with Crippen molar-refractivity contribution in [3.8, 4) is 0 Å². The number of benzene rings is 3. The monoisotopic (exact) mass is 430 g/mol. The van der Waals surface area contributed by atoms with Gasteiger partial charge in [-0.05, 0) is 53.6 Å². The van der Waals surface area contributed by atoms with Gasteiger partial charge in [0.15, 0.2) is 0 Å². The van der Waals surface area contributed by atoms with Gasteiger partial charge >= 0.3 is 6.03 Å². The summed E-state index contributed by atoms with van der Waals surface area (Å²) >= 11 is 0. The maximum Gasteiger partial charge on any atom is 0.325 e. The average Bonchev–Trinajstić information content (AvgIpc) is 3.02. The zero-order chi connectivity index (χ0) is 22.9. The number of carbonyl (C=O) groups excluding carboxylic acids is 4. The Kier molecular flexibility index (Phi) is 5.36. The van der Waals surface area contributed by atoms with Gasteiger partial charge in [-0.25, -0.2) is 4.79 Å². The number of nitrogens with zero attached hydrogens (tertiary/aromatic N) is 1. The van der Waals surface area contributed by atoms with Gasteiger partial charge in [-0.2, -0.15) is 0 Å². The molecule has 0 aliphatic carbocycles. The lowest BCUT2D eigenvalue weighted by molar-refractivity contribution is -0.133. The highest BCUT2D eigenvalue weighted by atomic mass is 16.2. The fourth-order valence-electron chi connectivity index (χ4n) is 3.73. The zero-order valence-electron chi connectivity index (χ0n) is 17.6. The van der Waals surface area contributed by atoms with Crippen molar-refractivity contribution in [2.24, 2.45) is 0 Å². The highest BCUT2D eigenvalue weighted by Gasteiger charge is 2.49. The standard InChI is InChI=1S/C24H22N4O4/c1-24(18-10-7-15-5-3-4-6-17(15)13-18)22(31)28(23(32)27-24)14-20(29)26-19-11-8-16(9-12-19)21(30)25-2/h3-13H,14H2,1-2H3,(H,25,30)(H,26,29)(H,27,32). The molecule has 0 spiro atoms. The Balaban J connectivity index is 1.48. The van der Waals surface area contributed by atoms with Crippen molar-refractivity contribution < 1.29 is 19.2 Å². The fourth-order valence-corrected chi connectivity index (χ4v) is 3.73. The Labute approximate surface area is 184 Å². The van der Waals surface area contributed by atoms with Crippen LogP contribution in [0.15, 0.2) is 66.7 Å². The van der Waals surface area contributed by atoms with E-state index >= 15 is 0 Å². The van der Waals surface area contributed by atoms with Gasteiger partial charge in [-0.15, -0.1) is 0 Å². The van der Waals surface area contributed by atoms with Gasteiger partial charge in [0.1, 0.15) is 12.1 Å². The van der Waals surface area contributed by atoms with E-state index in [4.69, 9.17) is 0 Å². The summed E-state index contributed by atoms with van der Waals surface area (Å²) in [6, 6.07) is 19.0. The van der Waals surface area contributed by atoms with Crippen molar-refractivity contribution in [3.05, 3.63) is 77.9 Å². The van der Waals surface area contributed by atoms with Crippen LogP contribution in [0.5, 0.6) is 0 Å². The van der Waals surface area contributed by atoms with E-state index in [1.54, 1.807) is 37.3 Å². The number of hydrogen-bond acceptors (Lipinski definition) is 4. The molecule has 0 bridgehead atoms. The molecule has 8 nitrogen and oxygen atoms in total. The molecule has 1 fully saturated rings. The molecule has 1 aliphatic heterocycles. The van der Waals surface area contributed by atoms with Crippen molar-refractivity contribution in [2.45, 2.75) is 12.5 Å². The van der Waals surface area contributed by atoms with Crippen LogP contribution in [0.3, 0.4) is 0 Å². The lowest BCUT2D eigenvalue weighted by atomic mass is 9.90. The van der Waals surface area contributed by atoms with Crippen molar-refractivity contribution in [1.82, 2.24) is 15.5 Å². The minimum Gasteiger partial charge on any atom is -0.355 e. The molecule has 4 rings (SSSR count). The molecule has 1 saturated heterocycles. The number of amides is 5. The van der Waals surface area contributed by atoms with Crippen LogP contribution in [0.4, 0.5) is 10.5 Å². The van der Waals surface area contributed by atoms with Crippen molar-refractivity contribution in [2.75, 3.05) is 18.9 Å². The van der Waals surface area contributed by atoms with Crippen LogP contribution in [-0.2, 0) is 15.1 Å². The van der Waals surface area contributed by atoms with Gasteiger partial charge in [-0.3, -0.25) is 19.3 Å². The SMILES string of the molecule is CNC(=O)c1ccc(NC(=O)CN2C(=O)NC(C)(c3ccc4ccccc4c3)C2=O)cc1. The number of urea groups is 1. The Hall–Kier alpha value is -4.20. The van der Waals surface area contributed by atoms with E-state index in [1.165, 1.54) is 7.05 Å². The predicted octanol–water partition coefficient (Wildman–Crippen LogP) is 2.61. The van der Waals surface area contributed by atoms with E-state index in [9.17, 15) is 19.2 Å². The largest absolute Gasteiger partial charge is 0.355 e. The van der Waals surface area contributed by atoms with Crippen LogP contribution in [0.25, 0.3) is 10.8 Å². The van der Waals surface area contributed by atoms with E-state index < -0.39 is 29.9 Å². The first-order chi connectivity index (χ1) is 15.3. The Bertz CT molecular complexity index is 1240. The highest BCUT2D eigenvalue weighted by Crippen LogP contribution is 2.31. The number of fused-ring (bicyclic) bond motifs is 1. The molecule has 3 aromatic carbocycles. The van der Waals surface area contributed by atoms with Crippen LogP contribution in [0, 0.1) is 0 Å². The van der Waals surface area contributed by atoms with E-state index in [0.29, 0.717) is 16.8 Å². The minimum absolute atomic E-state index is 0.241. The second-order valence-corrected chi connectivity index (χ2v) is 7.71. The summed E-state index contributed by atoms with van der Waals surface area (Å²) in [5.74, 6) is -1.26. The molecular weight excluding hydrogens is 408 g/mol. The molecule has 0 aromatic heterocycles. The number of carbonyl (C=O) groups is 4. The first-order valence-corrected chi connectivity index (χ1v) is 10.1. The Morgan fingerprint density at radius 1 is 0.969 bits per heavy atom. The maximum atomic E-state index is 13.1. The van der Waals surface area contributed by atoms with Gasteiger partial charge in [0.05, 0.1) is 0 Å². The summed E-state index contributed by atoms with van der Waals surface area (Å²) in [5.41, 5.74) is 0.274. The van der Waals surface area contributed by atoms with Crippen LogP contribution in [0.1, 0.15) is 22.8 Å².